The predicted octanol–water partition coefficient (Wildman–Crippen LogP) is 2.90. The molecule has 0 atom stereocenters. The molecule has 2 N–H and O–H groups in total. The number of H-pyrrole nitrogens is 1. The van der Waals surface area contributed by atoms with E-state index in [1.807, 2.05) is 6.20 Å². The minimum Gasteiger partial charge on any atom is -0.348 e. The number of nitrogens with one attached hydrogen (secondary N) is 2. The zero-order chi connectivity index (χ0) is 12.8. The highest BCUT2D eigenvalue weighted by Gasteiger charge is 1.99. The van der Waals surface area contributed by atoms with Crippen molar-refractivity contribution in [2.24, 2.45) is 5.92 Å². The number of hydrogen-bond acceptors (Lipinski definition) is 2. The zero-order valence-electron chi connectivity index (χ0n) is 11.1. The lowest BCUT2D eigenvalue weighted by Gasteiger charge is -2.07. The van der Waals surface area contributed by atoms with Crippen molar-refractivity contribution in [2.45, 2.75) is 33.4 Å². The smallest absolute Gasteiger partial charge is 0.120 e. The first-order chi connectivity index (χ1) is 8.74. The standard InChI is InChI=1S/C15H21N3/c1-12(2)9-13-3-5-14(6-4-13)10-16-11-15-17-7-8-18-15/h3-8,12,16H,9-11H2,1-2H3,(H,17,18). The molecule has 0 bridgehead atoms. The fourth-order valence-corrected chi connectivity index (χ4v) is 1.98. The van der Waals surface area contributed by atoms with Crippen LogP contribution in [0.3, 0.4) is 0 Å². The van der Waals surface area contributed by atoms with Crippen LogP contribution < -0.4 is 5.32 Å². The van der Waals surface area contributed by atoms with E-state index in [1.54, 1.807) is 6.20 Å². The lowest BCUT2D eigenvalue weighted by molar-refractivity contribution is 0.645. The van der Waals surface area contributed by atoms with Gasteiger partial charge in [0.2, 0.25) is 0 Å². The molecule has 1 heterocycles. The van der Waals surface area contributed by atoms with Gasteiger partial charge in [-0.1, -0.05) is 38.1 Å². The van der Waals surface area contributed by atoms with Crippen molar-refractivity contribution in [1.82, 2.24) is 15.3 Å². The number of aromatic amines is 1. The van der Waals surface area contributed by atoms with Gasteiger partial charge in [0.25, 0.3) is 0 Å². The summed E-state index contributed by atoms with van der Waals surface area (Å²) >= 11 is 0. The van der Waals surface area contributed by atoms with E-state index in [2.05, 4.69) is 53.4 Å². The first kappa shape index (κ1) is 12.8. The summed E-state index contributed by atoms with van der Waals surface area (Å²) in [7, 11) is 0. The molecule has 0 radical (unpaired) electrons. The Morgan fingerprint density at radius 3 is 2.44 bits per heavy atom. The van der Waals surface area contributed by atoms with Crippen molar-refractivity contribution in [2.75, 3.05) is 0 Å². The average molecular weight is 243 g/mol. The molecular weight excluding hydrogens is 222 g/mol. The third-order valence-electron chi connectivity index (χ3n) is 2.84. The van der Waals surface area contributed by atoms with E-state index in [9.17, 15) is 0 Å². The van der Waals surface area contributed by atoms with Gasteiger partial charge in [-0.3, -0.25) is 0 Å². The maximum atomic E-state index is 4.18. The van der Waals surface area contributed by atoms with Gasteiger partial charge >= 0.3 is 0 Å². The van der Waals surface area contributed by atoms with Gasteiger partial charge in [0.05, 0.1) is 6.54 Å². The first-order valence-corrected chi connectivity index (χ1v) is 6.51. The summed E-state index contributed by atoms with van der Waals surface area (Å²) in [4.78, 5) is 7.26. The average Bonchev–Trinajstić information content (AvgIpc) is 2.84. The van der Waals surface area contributed by atoms with Crippen molar-refractivity contribution in [3.8, 4) is 0 Å². The Kier molecular flexibility index (Phi) is 4.53. The minimum absolute atomic E-state index is 0.716. The molecule has 1 aromatic heterocycles. The van der Waals surface area contributed by atoms with Crippen LogP contribution in [0.5, 0.6) is 0 Å². The van der Waals surface area contributed by atoms with Crippen LogP contribution in [0.4, 0.5) is 0 Å². The fraction of sp³-hybridized carbons (Fsp3) is 0.400. The van der Waals surface area contributed by atoms with Crippen LogP contribution in [0.25, 0.3) is 0 Å². The molecule has 18 heavy (non-hydrogen) atoms. The van der Waals surface area contributed by atoms with Crippen LogP contribution in [-0.2, 0) is 19.5 Å². The first-order valence-electron chi connectivity index (χ1n) is 6.51. The molecule has 0 amide bonds. The number of nitrogens with zero attached hydrogens (tertiary/aromatic N) is 1. The van der Waals surface area contributed by atoms with E-state index in [4.69, 9.17) is 0 Å². The minimum atomic E-state index is 0.716. The molecule has 3 heteroatoms. The fourth-order valence-electron chi connectivity index (χ4n) is 1.98. The second kappa shape index (κ2) is 6.36. The lowest BCUT2D eigenvalue weighted by atomic mass is 10.0. The van der Waals surface area contributed by atoms with Crippen LogP contribution in [0, 0.1) is 5.92 Å². The van der Waals surface area contributed by atoms with Crippen LogP contribution in [0.15, 0.2) is 36.7 Å². The molecule has 0 saturated carbocycles. The van der Waals surface area contributed by atoms with Crippen molar-refractivity contribution in [1.29, 1.82) is 0 Å². The molecule has 0 aliphatic heterocycles. The van der Waals surface area contributed by atoms with Gasteiger partial charge in [0.1, 0.15) is 5.82 Å². The summed E-state index contributed by atoms with van der Waals surface area (Å²) in [5.41, 5.74) is 2.73. The topological polar surface area (TPSA) is 40.7 Å². The van der Waals surface area contributed by atoms with Crippen LogP contribution in [-0.4, -0.2) is 9.97 Å². The van der Waals surface area contributed by atoms with Crippen molar-refractivity contribution in [3.05, 3.63) is 53.6 Å². The van der Waals surface area contributed by atoms with E-state index in [1.165, 1.54) is 11.1 Å². The van der Waals surface area contributed by atoms with Gasteiger partial charge in [-0.2, -0.15) is 0 Å². The summed E-state index contributed by atoms with van der Waals surface area (Å²) in [6.07, 6.45) is 4.77. The zero-order valence-corrected chi connectivity index (χ0v) is 11.1. The van der Waals surface area contributed by atoms with Crippen molar-refractivity contribution >= 4 is 0 Å². The Bertz CT molecular complexity index is 443. The van der Waals surface area contributed by atoms with E-state index < -0.39 is 0 Å². The third kappa shape index (κ3) is 4.00. The SMILES string of the molecule is CC(C)Cc1ccc(CNCc2ncc[nH]2)cc1. The maximum Gasteiger partial charge on any atom is 0.120 e. The molecule has 0 fully saturated rings. The van der Waals surface area contributed by atoms with Gasteiger partial charge in [0.15, 0.2) is 0 Å². The highest BCUT2D eigenvalue weighted by Crippen LogP contribution is 2.09. The molecule has 2 rings (SSSR count). The van der Waals surface area contributed by atoms with Gasteiger partial charge in [-0.25, -0.2) is 4.98 Å². The predicted molar refractivity (Wildman–Crippen MR) is 74.1 cm³/mol. The lowest BCUT2D eigenvalue weighted by Crippen LogP contribution is -2.13. The van der Waals surface area contributed by atoms with Crippen LogP contribution >= 0.6 is 0 Å². The van der Waals surface area contributed by atoms with Gasteiger partial charge in [0, 0.05) is 18.9 Å². The van der Waals surface area contributed by atoms with Crippen LogP contribution in [0.2, 0.25) is 0 Å². The van der Waals surface area contributed by atoms with Gasteiger partial charge < -0.3 is 10.3 Å². The molecule has 0 aliphatic rings. The number of imidazole rings is 1. The summed E-state index contributed by atoms with van der Waals surface area (Å²) < 4.78 is 0. The molecular formula is C15H21N3. The largest absolute Gasteiger partial charge is 0.348 e. The number of benzene rings is 1. The Labute approximate surface area is 109 Å². The van der Waals surface area contributed by atoms with Crippen molar-refractivity contribution < 1.29 is 0 Å². The number of aromatic nitrogens is 2. The molecule has 1 aromatic carbocycles. The Balaban J connectivity index is 1.79. The summed E-state index contributed by atoms with van der Waals surface area (Å²) in [5.74, 6) is 1.69. The molecule has 0 unspecified atom stereocenters. The van der Waals surface area contributed by atoms with Crippen LogP contribution in [0.1, 0.15) is 30.8 Å². The normalized spacial score (nSPS) is 11.1. The molecule has 0 saturated heterocycles. The van der Waals surface area contributed by atoms with E-state index >= 15 is 0 Å². The molecule has 2 aromatic rings. The molecule has 0 spiro atoms. The second-order valence-corrected chi connectivity index (χ2v) is 5.05. The van der Waals surface area contributed by atoms with E-state index in [0.29, 0.717) is 5.92 Å². The molecule has 3 nitrogen and oxygen atoms in total. The molecule has 96 valence electrons. The Hall–Kier alpha value is -1.61. The number of hydrogen-bond donors (Lipinski definition) is 2. The van der Waals surface area contributed by atoms with E-state index in [-0.39, 0.29) is 0 Å². The highest BCUT2D eigenvalue weighted by atomic mass is 15.0. The third-order valence-corrected chi connectivity index (χ3v) is 2.84. The van der Waals surface area contributed by atoms with Gasteiger partial charge in [-0.15, -0.1) is 0 Å². The summed E-state index contributed by atoms with van der Waals surface area (Å²) in [6, 6.07) is 8.85. The quantitative estimate of drug-likeness (QED) is 0.819. The van der Waals surface area contributed by atoms with Crippen molar-refractivity contribution in [3.63, 3.8) is 0 Å². The summed E-state index contributed by atoms with van der Waals surface area (Å²) in [5, 5.41) is 3.37. The van der Waals surface area contributed by atoms with Gasteiger partial charge in [-0.05, 0) is 23.5 Å². The Morgan fingerprint density at radius 2 is 1.83 bits per heavy atom. The second-order valence-electron chi connectivity index (χ2n) is 5.05. The maximum absolute atomic E-state index is 4.18. The van der Waals surface area contributed by atoms with E-state index in [0.717, 1.165) is 25.3 Å². The summed E-state index contributed by atoms with van der Waals surface area (Å²) in [6.45, 7) is 6.15. The highest BCUT2D eigenvalue weighted by molar-refractivity contribution is 5.22. The monoisotopic (exact) mass is 243 g/mol. The number of rotatable bonds is 6. The molecule has 0 aliphatic carbocycles. The Morgan fingerprint density at radius 1 is 1.11 bits per heavy atom.